The van der Waals surface area contributed by atoms with E-state index in [1.807, 2.05) is 23.3 Å². The Hall–Kier alpha value is -2.14. The zero-order valence-corrected chi connectivity index (χ0v) is 13.3. The second-order valence-electron chi connectivity index (χ2n) is 5.48. The Bertz CT molecular complexity index is 685. The standard InChI is InChI=1S/C17H18N2O2S/c1-12-10-14(11-22-12)16(20)18-15-6-4-13(5-7-15)17(21)19-8-2-3-9-19/h4-7,10-11H,2-3,8-9H2,1H3,(H,18,20). The summed E-state index contributed by atoms with van der Waals surface area (Å²) in [6, 6.07) is 8.97. The van der Waals surface area contributed by atoms with Gasteiger partial charge in [0.2, 0.25) is 0 Å². The molecule has 0 unspecified atom stereocenters. The molecule has 5 heteroatoms. The number of nitrogens with zero attached hydrogens (tertiary/aromatic N) is 1. The summed E-state index contributed by atoms with van der Waals surface area (Å²) in [5.74, 6) is -0.0493. The summed E-state index contributed by atoms with van der Waals surface area (Å²) in [7, 11) is 0. The zero-order valence-electron chi connectivity index (χ0n) is 12.5. The van der Waals surface area contributed by atoms with Gasteiger partial charge in [0.15, 0.2) is 0 Å². The van der Waals surface area contributed by atoms with Crippen LogP contribution in [0.2, 0.25) is 0 Å². The van der Waals surface area contributed by atoms with Crippen molar-refractivity contribution in [2.24, 2.45) is 0 Å². The minimum Gasteiger partial charge on any atom is -0.339 e. The number of amides is 2. The molecule has 3 rings (SSSR count). The molecule has 2 aromatic rings. The van der Waals surface area contributed by atoms with Gasteiger partial charge in [0.25, 0.3) is 11.8 Å². The molecule has 2 heterocycles. The van der Waals surface area contributed by atoms with Gasteiger partial charge in [-0.1, -0.05) is 0 Å². The molecular formula is C17H18N2O2S. The van der Waals surface area contributed by atoms with Crippen molar-refractivity contribution in [3.63, 3.8) is 0 Å². The molecule has 0 spiro atoms. The van der Waals surface area contributed by atoms with E-state index in [1.54, 1.807) is 35.6 Å². The van der Waals surface area contributed by atoms with Gasteiger partial charge in [0.1, 0.15) is 0 Å². The third-order valence-corrected chi connectivity index (χ3v) is 4.64. The van der Waals surface area contributed by atoms with Crippen LogP contribution < -0.4 is 5.32 Å². The van der Waals surface area contributed by atoms with E-state index in [0.717, 1.165) is 30.8 Å². The van der Waals surface area contributed by atoms with Gasteiger partial charge in [-0.2, -0.15) is 0 Å². The number of hydrogen-bond donors (Lipinski definition) is 1. The highest BCUT2D eigenvalue weighted by Gasteiger charge is 2.19. The number of aryl methyl sites for hydroxylation is 1. The summed E-state index contributed by atoms with van der Waals surface area (Å²) in [4.78, 5) is 27.3. The Morgan fingerprint density at radius 3 is 2.36 bits per heavy atom. The third kappa shape index (κ3) is 3.20. The number of carbonyl (C=O) groups excluding carboxylic acids is 2. The molecule has 0 aliphatic carbocycles. The molecule has 1 aromatic carbocycles. The Morgan fingerprint density at radius 1 is 1.09 bits per heavy atom. The molecule has 0 saturated carbocycles. The first-order valence-corrected chi connectivity index (χ1v) is 8.27. The zero-order chi connectivity index (χ0) is 15.5. The lowest BCUT2D eigenvalue weighted by molar-refractivity contribution is 0.0792. The van der Waals surface area contributed by atoms with Crippen molar-refractivity contribution >= 4 is 28.8 Å². The van der Waals surface area contributed by atoms with E-state index in [2.05, 4.69) is 5.32 Å². The van der Waals surface area contributed by atoms with Gasteiger partial charge >= 0.3 is 0 Å². The molecule has 1 aliphatic heterocycles. The summed E-state index contributed by atoms with van der Waals surface area (Å²) < 4.78 is 0. The first-order chi connectivity index (χ1) is 10.6. The fourth-order valence-corrected chi connectivity index (χ4v) is 3.25. The Kier molecular flexibility index (Phi) is 4.24. The van der Waals surface area contributed by atoms with Gasteiger partial charge in [-0.15, -0.1) is 11.3 Å². The third-order valence-electron chi connectivity index (χ3n) is 3.78. The maximum absolute atomic E-state index is 12.2. The highest BCUT2D eigenvalue weighted by atomic mass is 32.1. The maximum Gasteiger partial charge on any atom is 0.256 e. The molecular weight excluding hydrogens is 296 g/mol. The van der Waals surface area contributed by atoms with E-state index in [0.29, 0.717) is 16.8 Å². The van der Waals surface area contributed by atoms with Crippen molar-refractivity contribution in [2.75, 3.05) is 18.4 Å². The van der Waals surface area contributed by atoms with Crippen LogP contribution >= 0.6 is 11.3 Å². The predicted octanol–water partition coefficient (Wildman–Crippen LogP) is 3.54. The molecule has 1 fully saturated rings. The van der Waals surface area contributed by atoms with Crippen molar-refractivity contribution in [1.29, 1.82) is 0 Å². The lowest BCUT2D eigenvalue weighted by Gasteiger charge is -2.15. The topological polar surface area (TPSA) is 49.4 Å². The maximum atomic E-state index is 12.2. The Morgan fingerprint density at radius 2 is 1.77 bits per heavy atom. The number of thiophene rings is 1. The van der Waals surface area contributed by atoms with Crippen molar-refractivity contribution < 1.29 is 9.59 Å². The smallest absolute Gasteiger partial charge is 0.256 e. The number of likely N-dealkylation sites (tertiary alicyclic amines) is 1. The van der Waals surface area contributed by atoms with Gasteiger partial charge < -0.3 is 10.2 Å². The monoisotopic (exact) mass is 314 g/mol. The molecule has 1 N–H and O–H groups in total. The molecule has 0 radical (unpaired) electrons. The number of hydrogen-bond acceptors (Lipinski definition) is 3. The van der Waals surface area contributed by atoms with Gasteiger partial charge in [-0.3, -0.25) is 9.59 Å². The average molecular weight is 314 g/mol. The molecule has 22 heavy (non-hydrogen) atoms. The molecule has 0 bridgehead atoms. The fraction of sp³-hybridized carbons (Fsp3) is 0.294. The Labute approximate surface area is 133 Å². The molecule has 1 aromatic heterocycles. The second kappa shape index (κ2) is 6.32. The molecule has 4 nitrogen and oxygen atoms in total. The minimum absolute atomic E-state index is 0.0730. The molecule has 1 aliphatic rings. The van der Waals surface area contributed by atoms with Gasteiger partial charge in [0.05, 0.1) is 5.56 Å². The van der Waals surface area contributed by atoms with Crippen LogP contribution in [0.3, 0.4) is 0 Å². The van der Waals surface area contributed by atoms with Crippen molar-refractivity contribution in [3.05, 3.63) is 51.7 Å². The van der Waals surface area contributed by atoms with Crippen molar-refractivity contribution in [2.45, 2.75) is 19.8 Å². The van der Waals surface area contributed by atoms with Crippen LogP contribution in [0.15, 0.2) is 35.7 Å². The largest absolute Gasteiger partial charge is 0.339 e. The summed E-state index contributed by atoms with van der Waals surface area (Å²) in [5, 5.41) is 4.69. The van der Waals surface area contributed by atoms with Crippen LogP contribution in [0.1, 0.15) is 38.4 Å². The van der Waals surface area contributed by atoms with E-state index in [1.165, 1.54) is 0 Å². The second-order valence-corrected chi connectivity index (χ2v) is 6.59. The van der Waals surface area contributed by atoms with E-state index < -0.39 is 0 Å². The highest BCUT2D eigenvalue weighted by molar-refractivity contribution is 7.10. The van der Waals surface area contributed by atoms with Crippen molar-refractivity contribution in [1.82, 2.24) is 4.90 Å². The Balaban J connectivity index is 1.66. The van der Waals surface area contributed by atoms with E-state index in [-0.39, 0.29) is 11.8 Å². The summed E-state index contributed by atoms with van der Waals surface area (Å²) in [6.45, 7) is 3.66. The normalized spacial score (nSPS) is 14.1. The molecule has 2 amide bonds. The van der Waals surface area contributed by atoms with Crippen LogP contribution in [0, 0.1) is 6.92 Å². The number of anilines is 1. The first-order valence-electron chi connectivity index (χ1n) is 7.39. The van der Waals surface area contributed by atoms with E-state index >= 15 is 0 Å². The van der Waals surface area contributed by atoms with Crippen molar-refractivity contribution in [3.8, 4) is 0 Å². The fourth-order valence-electron chi connectivity index (χ4n) is 2.56. The van der Waals surface area contributed by atoms with E-state index in [9.17, 15) is 9.59 Å². The number of rotatable bonds is 3. The highest BCUT2D eigenvalue weighted by Crippen LogP contribution is 2.18. The van der Waals surface area contributed by atoms with Gasteiger partial charge in [-0.25, -0.2) is 0 Å². The van der Waals surface area contributed by atoms with Gasteiger partial charge in [0, 0.05) is 34.6 Å². The van der Waals surface area contributed by atoms with Crippen LogP contribution in [-0.2, 0) is 0 Å². The van der Waals surface area contributed by atoms with Crippen LogP contribution in [0.25, 0.3) is 0 Å². The molecule has 1 saturated heterocycles. The number of carbonyl (C=O) groups is 2. The SMILES string of the molecule is Cc1cc(C(=O)Nc2ccc(C(=O)N3CCCC3)cc2)cs1. The van der Waals surface area contributed by atoms with Crippen LogP contribution in [0.5, 0.6) is 0 Å². The predicted molar refractivity (Wildman–Crippen MR) is 88.6 cm³/mol. The average Bonchev–Trinajstić information content (AvgIpc) is 3.18. The van der Waals surface area contributed by atoms with Gasteiger partial charge in [-0.05, 0) is 50.1 Å². The van der Waals surface area contributed by atoms with E-state index in [4.69, 9.17) is 0 Å². The summed E-state index contributed by atoms with van der Waals surface area (Å²) in [6.07, 6.45) is 2.17. The number of nitrogens with one attached hydrogen (secondary N) is 1. The summed E-state index contributed by atoms with van der Waals surface area (Å²) >= 11 is 1.55. The minimum atomic E-state index is -0.122. The van der Waals surface area contributed by atoms with Crippen LogP contribution in [0.4, 0.5) is 5.69 Å². The summed E-state index contributed by atoms with van der Waals surface area (Å²) in [5.41, 5.74) is 2.04. The quantitative estimate of drug-likeness (QED) is 0.942. The number of benzene rings is 1. The van der Waals surface area contributed by atoms with Crippen LogP contribution in [-0.4, -0.2) is 29.8 Å². The lowest BCUT2D eigenvalue weighted by Crippen LogP contribution is -2.27. The first kappa shape index (κ1) is 14.8. The molecule has 114 valence electrons. The lowest BCUT2D eigenvalue weighted by atomic mass is 10.1. The molecule has 0 atom stereocenters.